The number of carboxylic acid groups (broad SMARTS) is 1. The topological polar surface area (TPSA) is 89.9 Å². The molecule has 2 rings (SSSR count). The monoisotopic (exact) mass is 400 g/mol. The van der Waals surface area contributed by atoms with Gasteiger partial charge in [0.05, 0.1) is 17.4 Å². The van der Waals surface area contributed by atoms with Crippen LogP contribution in [-0.2, 0) is 23.8 Å². The molecular formula is C20H32O6S. The van der Waals surface area contributed by atoms with Gasteiger partial charge in [-0.25, -0.2) is 0 Å². The van der Waals surface area contributed by atoms with Crippen molar-refractivity contribution in [1.82, 2.24) is 0 Å². The first-order chi connectivity index (χ1) is 12.8. The lowest BCUT2D eigenvalue weighted by Gasteiger charge is -2.21. The van der Waals surface area contributed by atoms with Crippen LogP contribution in [0.3, 0.4) is 0 Å². The average Bonchev–Trinajstić information content (AvgIpc) is 2.63. The summed E-state index contributed by atoms with van der Waals surface area (Å²) >= 11 is 0. The fraction of sp³-hybridized carbons (Fsp3) is 0.650. The van der Waals surface area contributed by atoms with Crippen LogP contribution in [-0.4, -0.2) is 38.8 Å². The average molecular weight is 401 g/mol. The molecule has 1 aromatic rings. The summed E-state index contributed by atoms with van der Waals surface area (Å²) in [5.41, 5.74) is 1.02. The summed E-state index contributed by atoms with van der Waals surface area (Å²) in [4.78, 5) is 10.5. The zero-order chi connectivity index (χ0) is 20.3. The number of aryl methyl sites for hydroxylation is 1. The van der Waals surface area contributed by atoms with Gasteiger partial charge in [-0.2, -0.15) is 8.42 Å². The van der Waals surface area contributed by atoms with E-state index < -0.39 is 16.1 Å². The second kappa shape index (κ2) is 12.1. The maximum Gasteiger partial charge on any atom is 0.306 e. The number of hydrogen-bond acceptors (Lipinski definition) is 5. The molecule has 0 aliphatic carbocycles. The van der Waals surface area contributed by atoms with Crippen molar-refractivity contribution < 1.29 is 27.2 Å². The lowest BCUT2D eigenvalue weighted by molar-refractivity contribution is -0.141. The number of aliphatic carboxylic acids is 1. The molecule has 0 radical (unpaired) electrons. The molecule has 0 amide bonds. The van der Waals surface area contributed by atoms with E-state index in [1.165, 1.54) is 0 Å². The summed E-state index contributed by atoms with van der Waals surface area (Å²) in [6.45, 7) is 6.82. The van der Waals surface area contributed by atoms with E-state index in [1.54, 1.807) is 31.2 Å². The predicted molar refractivity (Wildman–Crippen MR) is 104 cm³/mol. The van der Waals surface area contributed by atoms with Crippen molar-refractivity contribution in [3.8, 4) is 0 Å². The van der Waals surface area contributed by atoms with Gasteiger partial charge in [0.2, 0.25) is 0 Å². The van der Waals surface area contributed by atoms with Crippen LogP contribution < -0.4 is 0 Å². The van der Waals surface area contributed by atoms with E-state index in [9.17, 15) is 13.2 Å². The molecule has 1 aliphatic rings. The number of hydrogen-bond donors (Lipinski definition) is 1. The van der Waals surface area contributed by atoms with Crippen molar-refractivity contribution in [2.75, 3.05) is 13.2 Å². The highest BCUT2D eigenvalue weighted by Crippen LogP contribution is 2.19. The van der Waals surface area contributed by atoms with Gasteiger partial charge < -0.3 is 9.84 Å². The molecule has 0 spiro atoms. The Bertz CT molecular complexity index is 648. The Morgan fingerprint density at radius 3 is 2.48 bits per heavy atom. The van der Waals surface area contributed by atoms with Crippen molar-refractivity contribution in [3.05, 3.63) is 29.8 Å². The van der Waals surface area contributed by atoms with E-state index >= 15 is 0 Å². The summed E-state index contributed by atoms with van der Waals surface area (Å²) in [6, 6.07) is 6.64. The maximum atomic E-state index is 11.9. The molecule has 2 atom stereocenters. The van der Waals surface area contributed by atoms with Gasteiger partial charge in [-0.3, -0.25) is 8.98 Å². The highest BCUT2D eigenvalue weighted by Gasteiger charge is 2.23. The van der Waals surface area contributed by atoms with Gasteiger partial charge in [-0.1, -0.05) is 50.8 Å². The van der Waals surface area contributed by atoms with E-state index in [-0.39, 0.29) is 16.9 Å². The second-order valence-corrected chi connectivity index (χ2v) is 8.51. The van der Waals surface area contributed by atoms with Gasteiger partial charge in [0.15, 0.2) is 0 Å². The zero-order valence-corrected chi connectivity index (χ0v) is 17.3. The molecule has 2 unspecified atom stereocenters. The van der Waals surface area contributed by atoms with Crippen LogP contribution in [0.15, 0.2) is 29.2 Å². The molecule has 0 aromatic heterocycles. The molecule has 0 bridgehead atoms. The number of rotatable bonds is 8. The fourth-order valence-corrected chi connectivity index (χ4v) is 3.64. The van der Waals surface area contributed by atoms with E-state index in [4.69, 9.17) is 14.0 Å². The molecule has 1 aromatic carbocycles. The van der Waals surface area contributed by atoms with Crippen LogP contribution in [0.1, 0.15) is 57.9 Å². The molecule has 7 heteroatoms. The number of ether oxygens (including phenoxy) is 1. The van der Waals surface area contributed by atoms with Crippen LogP contribution in [0.2, 0.25) is 0 Å². The minimum atomic E-state index is -3.66. The van der Waals surface area contributed by atoms with Crippen molar-refractivity contribution in [2.24, 2.45) is 5.92 Å². The minimum Gasteiger partial charge on any atom is -0.481 e. The highest BCUT2D eigenvalue weighted by molar-refractivity contribution is 7.86. The number of carboxylic acids is 1. The summed E-state index contributed by atoms with van der Waals surface area (Å²) < 4.78 is 34.2. The Morgan fingerprint density at radius 1 is 1.30 bits per heavy atom. The van der Waals surface area contributed by atoms with Gasteiger partial charge in [0.1, 0.15) is 6.10 Å². The summed E-state index contributed by atoms with van der Waals surface area (Å²) in [5, 5.41) is 8.48. The molecule has 1 aliphatic heterocycles. The van der Waals surface area contributed by atoms with E-state index in [1.807, 2.05) is 6.92 Å². The molecule has 1 fully saturated rings. The third-order valence-corrected chi connectivity index (χ3v) is 5.73. The molecule has 154 valence electrons. The van der Waals surface area contributed by atoms with Crippen molar-refractivity contribution in [2.45, 2.75) is 70.3 Å². The van der Waals surface area contributed by atoms with Crippen LogP contribution >= 0.6 is 0 Å². The van der Waals surface area contributed by atoms with Crippen LogP contribution in [0, 0.1) is 12.8 Å². The molecule has 27 heavy (non-hydrogen) atoms. The number of benzene rings is 1. The zero-order valence-electron chi connectivity index (χ0n) is 16.5. The van der Waals surface area contributed by atoms with Gasteiger partial charge >= 0.3 is 5.97 Å². The van der Waals surface area contributed by atoms with Crippen LogP contribution in [0.5, 0.6) is 0 Å². The Kier molecular flexibility index (Phi) is 10.6. The SMILES string of the molecule is CCCCCC(C)C(=O)O.Cc1ccc(S(=O)(=O)OC2CCCOC2)cc1. The largest absolute Gasteiger partial charge is 0.481 e. The normalized spacial score (nSPS) is 18.3. The van der Waals surface area contributed by atoms with Gasteiger partial charge in [-0.05, 0) is 38.3 Å². The molecule has 0 saturated carbocycles. The Hall–Kier alpha value is -1.44. The van der Waals surface area contributed by atoms with E-state index in [0.29, 0.717) is 13.2 Å². The third kappa shape index (κ3) is 9.35. The first-order valence-electron chi connectivity index (χ1n) is 9.56. The van der Waals surface area contributed by atoms with Gasteiger partial charge in [0.25, 0.3) is 10.1 Å². The standard InChI is InChI=1S/C12H16O4S.C8H16O2/c1-10-4-6-12(7-5-10)17(13,14)16-11-3-2-8-15-9-11;1-3-4-5-6-7(2)8(9)10/h4-7,11H,2-3,8-9H2,1H3;7H,3-6H2,1-2H3,(H,9,10). The van der Waals surface area contributed by atoms with Gasteiger partial charge in [-0.15, -0.1) is 0 Å². The Labute approximate surface area is 163 Å². The Balaban J connectivity index is 0.000000314. The summed E-state index contributed by atoms with van der Waals surface area (Å²) in [5.74, 6) is -0.831. The first-order valence-corrected chi connectivity index (χ1v) is 11.0. The summed E-state index contributed by atoms with van der Waals surface area (Å²) in [7, 11) is -3.66. The van der Waals surface area contributed by atoms with Crippen molar-refractivity contribution >= 4 is 16.1 Å². The Morgan fingerprint density at radius 2 is 1.96 bits per heavy atom. The maximum absolute atomic E-state index is 11.9. The van der Waals surface area contributed by atoms with Crippen molar-refractivity contribution in [3.63, 3.8) is 0 Å². The van der Waals surface area contributed by atoms with E-state index in [2.05, 4.69) is 6.92 Å². The molecular weight excluding hydrogens is 368 g/mol. The highest BCUT2D eigenvalue weighted by atomic mass is 32.2. The van der Waals surface area contributed by atoms with Crippen LogP contribution in [0.25, 0.3) is 0 Å². The molecule has 1 heterocycles. The smallest absolute Gasteiger partial charge is 0.306 e. The van der Waals surface area contributed by atoms with Crippen LogP contribution in [0.4, 0.5) is 0 Å². The third-order valence-electron chi connectivity index (χ3n) is 4.35. The molecule has 6 nitrogen and oxygen atoms in total. The number of unbranched alkanes of at least 4 members (excludes halogenated alkanes) is 2. The quantitative estimate of drug-likeness (QED) is 0.520. The first kappa shape index (κ1) is 23.6. The lowest BCUT2D eigenvalue weighted by atomic mass is 10.0. The van der Waals surface area contributed by atoms with E-state index in [0.717, 1.165) is 44.1 Å². The minimum absolute atomic E-state index is 0.161. The molecule has 1 saturated heterocycles. The summed E-state index contributed by atoms with van der Waals surface area (Å²) in [6.07, 6.45) is 5.39. The van der Waals surface area contributed by atoms with Crippen molar-refractivity contribution in [1.29, 1.82) is 0 Å². The van der Waals surface area contributed by atoms with Gasteiger partial charge in [0, 0.05) is 6.61 Å². The predicted octanol–water partition coefficient (Wildman–Crippen LogP) is 4.17. The second-order valence-electron chi connectivity index (χ2n) is 6.94. The number of carbonyl (C=O) groups is 1. The lowest BCUT2D eigenvalue weighted by Crippen LogP contribution is -2.28. The molecule has 1 N–H and O–H groups in total. The fourth-order valence-electron chi connectivity index (χ4n) is 2.55.